The van der Waals surface area contributed by atoms with E-state index in [0.717, 1.165) is 15.8 Å². The van der Waals surface area contributed by atoms with E-state index in [1.54, 1.807) is 12.3 Å². The summed E-state index contributed by atoms with van der Waals surface area (Å²) in [7, 11) is 0. The maximum absolute atomic E-state index is 12.3. The first-order chi connectivity index (χ1) is 13.0. The number of pyridine rings is 1. The van der Waals surface area contributed by atoms with Gasteiger partial charge in [-0.25, -0.2) is 9.67 Å². The number of carbonyl (C=O) groups excluding carboxylic acids is 1. The molecule has 7 heteroatoms. The number of amides is 1. The first-order valence-electron chi connectivity index (χ1n) is 8.07. The van der Waals surface area contributed by atoms with Gasteiger partial charge in [-0.15, -0.1) is 6.42 Å². The summed E-state index contributed by atoms with van der Waals surface area (Å²) in [5.74, 6) is 2.22. The maximum atomic E-state index is 12.3. The van der Waals surface area contributed by atoms with Crippen molar-refractivity contribution in [1.29, 1.82) is 0 Å². The highest BCUT2D eigenvalue weighted by Gasteiger charge is 2.10. The fourth-order valence-electron chi connectivity index (χ4n) is 2.44. The highest BCUT2D eigenvalue weighted by molar-refractivity contribution is 6.30. The summed E-state index contributed by atoms with van der Waals surface area (Å²) < 4.78 is 1.05. The van der Waals surface area contributed by atoms with E-state index in [1.165, 1.54) is 12.1 Å². The summed E-state index contributed by atoms with van der Waals surface area (Å²) in [6, 6.07) is 13.8. The molecule has 0 saturated carbocycles. The van der Waals surface area contributed by atoms with Gasteiger partial charge in [0.15, 0.2) is 0 Å². The van der Waals surface area contributed by atoms with Gasteiger partial charge in [-0.2, -0.15) is 5.10 Å². The van der Waals surface area contributed by atoms with E-state index in [2.05, 4.69) is 21.3 Å². The molecule has 0 spiro atoms. The van der Waals surface area contributed by atoms with Crippen LogP contribution in [0, 0.1) is 12.3 Å². The topological polar surface area (TPSA) is 76.9 Å². The standard InChI is InChI=1S/C20H15ClN4O2/c1-2-10-25-19(26)9-7-17(24-25)20(27)23-18-8-6-15(13-22-18)11-14-4-3-5-16(21)12-14/h1,3-9,12-13H,10-11H2,(H,22,23,27). The van der Waals surface area contributed by atoms with Crippen LogP contribution in [0.5, 0.6) is 0 Å². The molecule has 6 nitrogen and oxygen atoms in total. The number of halogens is 1. The molecular weight excluding hydrogens is 364 g/mol. The van der Waals surface area contributed by atoms with Gasteiger partial charge in [-0.1, -0.05) is 35.7 Å². The Morgan fingerprint density at radius 3 is 2.74 bits per heavy atom. The third-order valence-electron chi connectivity index (χ3n) is 3.70. The van der Waals surface area contributed by atoms with E-state index in [9.17, 15) is 9.59 Å². The average Bonchev–Trinajstić information content (AvgIpc) is 2.65. The van der Waals surface area contributed by atoms with Gasteiger partial charge in [0.2, 0.25) is 0 Å². The van der Waals surface area contributed by atoms with E-state index in [0.29, 0.717) is 17.3 Å². The largest absolute Gasteiger partial charge is 0.305 e. The Balaban J connectivity index is 1.69. The highest BCUT2D eigenvalue weighted by Crippen LogP contribution is 2.15. The molecule has 3 rings (SSSR count). The first kappa shape index (κ1) is 18.4. The van der Waals surface area contributed by atoms with Crippen molar-refractivity contribution in [3.63, 3.8) is 0 Å². The highest BCUT2D eigenvalue weighted by atomic mass is 35.5. The molecular formula is C20H15ClN4O2. The predicted molar refractivity (Wildman–Crippen MR) is 104 cm³/mol. The normalized spacial score (nSPS) is 10.2. The van der Waals surface area contributed by atoms with Crippen LogP contribution < -0.4 is 10.9 Å². The lowest BCUT2D eigenvalue weighted by Crippen LogP contribution is -2.26. The Morgan fingerprint density at radius 1 is 1.19 bits per heavy atom. The van der Waals surface area contributed by atoms with Crippen LogP contribution in [-0.4, -0.2) is 20.7 Å². The minimum atomic E-state index is -0.476. The van der Waals surface area contributed by atoms with Crippen molar-refractivity contribution in [3.8, 4) is 12.3 Å². The summed E-state index contributed by atoms with van der Waals surface area (Å²) in [6.45, 7) is -0.00357. The van der Waals surface area contributed by atoms with Crippen molar-refractivity contribution in [2.24, 2.45) is 0 Å². The lowest BCUT2D eigenvalue weighted by molar-refractivity contribution is 0.101. The van der Waals surface area contributed by atoms with Crippen LogP contribution >= 0.6 is 11.6 Å². The minimum absolute atomic E-state index is 0.00357. The quantitative estimate of drug-likeness (QED) is 0.692. The Hall–Kier alpha value is -3.43. The van der Waals surface area contributed by atoms with Crippen molar-refractivity contribution < 1.29 is 4.79 Å². The van der Waals surface area contributed by atoms with Gasteiger partial charge >= 0.3 is 0 Å². The molecule has 0 atom stereocenters. The number of nitrogens with zero attached hydrogens (tertiary/aromatic N) is 3. The van der Waals surface area contributed by atoms with Gasteiger partial charge < -0.3 is 5.32 Å². The lowest BCUT2D eigenvalue weighted by Gasteiger charge is -2.07. The second-order valence-corrected chi connectivity index (χ2v) is 6.17. The number of hydrogen-bond acceptors (Lipinski definition) is 4. The first-order valence-corrected chi connectivity index (χ1v) is 8.45. The minimum Gasteiger partial charge on any atom is -0.305 e. The molecule has 2 heterocycles. The second-order valence-electron chi connectivity index (χ2n) is 5.73. The molecule has 0 aliphatic rings. The van der Waals surface area contributed by atoms with Gasteiger partial charge in [-0.05, 0) is 41.8 Å². The van der Waals surface area contributed by atoms with Crippen molar-refractivity contribution in [1.82, 2.24) is 14.8 Å². The van der Waals surface area contributed by atoms with E-state index >= 15 is 0 Å². The molecule has 0 aliphatic heterocycles. The van der Waals surface area contributed by atoms with Crippen LogP contribution in [0.2, 0.25) is 5.02 Å². The number of aromatic nitrogens is 3. The average molecular weight is 379 g/mol. The van der Waals surface area contributed by atoms with E-state index in [4.69, 9.17) is 18.0 Å². The van der Waals surface area contributed by atoms with E-state index < -0.39 is 5.91 Å². The summed E-state index contributed by atoms with van der Waals surface area (Å²) in [4.78, 5) is 28.1. The van der Waals surface area contributed by atoms with Crippen LogP contribution in [0.4, 0.5) is 5.82 Å². The van der Waals surface area contributed by atoms with Crippen LogP contribution in [0.25, 0.3) is 0 Å². The second kappa shape index (κ2) is 8.30. The van der Waals surface area contributed by atoms with Gasteiger partial charge in [0.1, 0.15) is 18.1 Å². The number of carbonyl (C=O) groups is 1. The Labute approximate surface area is 160 Å². The molecule has 0 fully saturated rings. The summed E-state index contributed by atoms with van der Waals surface area (Å²) in [5.41, 5.74) is 1.76. The number of terminal acetylenes is 1. The smallest absolute Gasteiger partial charge is 0.277 e. The molecule has 0 aliphatic carbocycles. The number of rotatable bonds is 5. The number of benzene rings is 1. The fourth-order valence-corrected chi connectivity index (χ4v) is 2.65. The summed E-state index contributed by atoms with van der Waals surface area (Å²) in [5, 5.41) is 7.28. The van der Waals surface area contributed by atoms with Crippen LogP contribution in [0.3, 0.4) is 0 Å². The SMILES string of the molecule is C#CCn1nc(C(=O)Nc2ccc(Cc3cccc(Cl)c3)cn2)ccc1=O. The van der Waals surface area contributed by atoms with Gasteiger partial charge in [0, 0.05) is 17.3 Å². The number of nitrogens with one attached hydrogen (secondary N) is 1. The maximum Gasteiger partial charge on any atom is 0.277 e. The van der Waals surface area contributed by atoms with Crippen molar-refractivity contribution >= 4 is 23.3 Å². The molecule has 0 saturated heterocycles. The predicted octanol–water partition coefficient (Wildman–Crippen LogP) is 2.77. The molecule has 134 valence electrons. The molecule has 1 N–H and O–H groups in total. The lowest BCUT2D eigenvalue weighted by atomic mass is 10.1. The Kier molecular flexibility index (Phi) is 5.64. The van der Waals surface area contributed by atoms with Crippen molar-refractivity contribution in [2.45, 2.75) is 13.0 Å². The van der Waals surface area contributed by atoms with E-state index in [1.807, 2.05) is 30.3 Å². The van der Waals surface area contributed by atoms with Crippen molar-refractivity contribution in [3.05, 3.63) is 86.9 Å². The zero-order valence-corrected chi connectivity index (χ0v) is 15.0. The Morgan fingerprint density at radius 2 is 2.04 bits per heavy atom. The molecule has 0 unspecified atom stereocenters. The molecule has 1 amide bonds. The Bertz CT molecular complexity index is 1070. The van der Waals surface area contributed by atoms with Crippen molar-refractivity contribution in [2.75, 3.05) is 5.32 Å². The van der Waals surface area contributed by atoms with Gasteiger partial charge in [-0.3, -0.25) is 9.59 Å². The van der Waals surface area contributed by atoms with Crippen LogP contribution in [-0.2, 0) is 13.0 Å². The molecule has 1 aromatic carbocycles. The number of hydrogen-bond donors (Lipinski definition) is 1. The summed E-state index contributed by atoms with van der Waals surface area (Å²) in [6.07, 6.45) is 7.55. The summed E-state index contributed by atoms with van der Waals surface area (Å²) >= 11 is 5.99. The van der Waals surface area contributed by atoms with Crippen LogP contribution in [0.15, 0.2) is 59.5 Å². The van der Waals surface area contributed by atoms with Gasteiger partial charge in [0.25, 0.3) is 11.5 Å². The fraction of sp³-hybridized carbons (Fsp3) is 0.100. The molecule has 2 aromatic heterocycles. The van der Waals surface area contributed by atoms with Gasteiger partial charge in [0.05, 0.1) is 0 Å². The zero-order chi connectivity index (χ0) is 19.2. The third kappa shape index (κ3) is 4.81. The monoisotopic (exact) mass is 378 g/mol. The third-order valence-corrected chi connectivity index (χ3v) is 3.94. The molecule has 3 aromatic rings. The zero-order valence-electron chi connectivity index (χ0n) is 14.2. The molecule has 0 radical (unpaired) electrons. The van der Waals surface area contributed by atoms with E-state index in [-0.39, 0.29) is 17.8 Å². The molecule has 0 bridgehead atoms. The van der Waals surface area contributed by atoms with Crippen LogP contribution in [0.1, 0.15) is 21.6 Å². The molecule has 27 heavy (non-hydrogen) atoms. The number of anilines is 1.